The number of carbonyl (C=O) groups is 2. The lowest BCUT2D eigenvalue weighted by atomic mass is 10.2. The number of nitro benzene ring substituents is 1. The number of anilines is 1. The number of thiophene rings is 1. The molecule has 1 amide bonds. The summed E-state index contributed by atoms with van der Waals surface area (Å²) in [5.74, 6) is -0.717. The van der Waals surface area contributed by atoms with Gasteiger partial charge >= 0.3 is 5.97 Å². The van der Waals surface area contributed by atoms with Crippen LogP contribution >= 0.6 is 22.7 Å². The van der Waals surface area contributed by atoms with Gasteiger partial charge in [0.05, 0.1) is 21.9 Å². The van der Waals surface area contributed by atoms with Crippen LogP contribution < -0.4 is 4.90 Å². The molecule has 1 saturated heterocycles. The molecule has 0 unspecified atom stereocenters. The van der Waals surface area contributed by atoms with Gasteiger partial charge in [0.25, 0.3) is 11.6 Å². The Balaban J connectivity index is 1.21. The van der Waals surface area contributed by atoms with Gasteiger partial charge in [0, 0.05) is 49.4 Å². The molecule has 2 aromatic heterocycles. The minimum Gasteiger partial charge on any atom is -0.455 e. The molecular weight excluding hydrogens is 452 g/mol. The van der Waals surface area contributed by atoms with Gasteiger partial charge in [-0.1, -0.05) is 6.07 Å². The van der Waals surface area contributed by atoms with Crippen LogP contribution in [-0.4, -0.2) is 59.5 Å². The van der Waals surface area contributed by atoms with E-state index in [9.17, 15) is 19.7 Å². The molecule has 1 fully saturated rings. The number of thiazole rings is 1. The van der Waals surface area contributed by atoms with E-state index >= 15 is 0 Å². The molecule has 1 aromatic carbocycles. The Kier molecular flexibility index (Phi) is 6.76. The van der Waals surface area contributed by atoms with Crippen molar-refractivity contribution >= 4 is 45.9 Å². The molecule has 9 nitrogen and oxygen atoms in total. The van der Waals surface area contributed by atoms with E-state index in [1.165, 1.54) is 23.5 Å². The number of nitro groups is 1. The number of aromatic nitrogens is 1. The van der Waals surface area contributed by atoms with E-state index in [1.54, 1.807) is 28.4 Å². The van der Waals surface area contributed by atoms with Crippen LogP contribution in [0.1, 0.15) is 5.69 Å². The molecule has 0 bridgehead atoms. The number of amides is 1. The van der Waals surface area contributed by atoms with Crippen molar-refractivity contribution in [3.05, 3.63) is 63.0 Å². The first-order valence-corrected chi connectivity index (χ1v) is 11.7. The van der Waals surface area contributed by atoms with Crippen molar-refractivity contribution in [3.8, 4) is 9.88 Å². The first-order chi connectivity index (χ1) is 15.5. The summed E-state index contributed by atoms with van der Waals surface area (Å²) in [6, 6.07) is 10.3. The number of benzene rings is 1. The number of ether oxygens (including phenoxy) is 1. The maximum atomic E-state index is 12.4. The predicted molar refractivity (Wildman–Crippen MR) is 122 cm³/mol. The van der Waals surface area contributed by atoms with E-state index in [-0.39, 0.29) is 24.6 Å². The number of esters is 1. The number of rotatable bonds is 7. The average molecular weight is 473 g/mol. The molecule has 0 radical (unpaired) electrons. The molecule has 0 saturated carbocycles. The third kappa shape index (κ3) is 5.29. The predicted octanol–water partition coefficient (Wildman–Crippen LogP) is 3.21. The molecule has 11 heteroatoms. The molecule has 166 valence electrons. The Morgan fingerprint density at radius 3 is 2.50 bits per heavy atom. The Morgan fingerprint density at radius 1 is 1.09 bits per heavy atom. The topological polar surface area (TPSA) is 106 Å². The second-order valence-corrected chi connectivity index (χ2v) is 8.91. The molecule has 1 aliphatic rings. The van der Waals surface area contributed by atoms with Crippen LogP contribution in [0.15, 0.2) is 47.2 Å². The molecule has 32 heavy (non-hydrogen) atoms. The Morgan fingerprint density at radius 2 is 1.84 bits per heavy atom. The van der Waals surface area contributed by atoms with Gasteiger partial charge in [-0.2, -0.15) is 0 Å². The normalized spacial score (nSPS) is 13.8. The molecule has 4 rings (SSSR count). The number of hydrogen-bond acceptors (Lipinski definition) is 9. The second-order valence-electron chi connectivity index (χ2n) is 7.10. The Labute approximate surface area is 192 Å². The molecule has 0 atom stereocenters. The van der Waals surface area contributed by atoms with Gasteiger partial charge in [-0.05, 0) is 23.6 Å². The lowest BCUT2D eigenvalue weighted by molar-refractivity contribution is -0.384. The maximum absolute atomic E-state index is 12.4. The fourth-order valence-electron chi connectivity index (χ4n) is 3.33. The third-order valence-electron chi connectivity index (χ3n) is 5.02. The van der Waals surface area contributed by atoms with Gasteiger partial charge < -0.3 is 14.5 Å². The van der Waals surface area contributed by atoms with E-state index in [0.29, 0.717) is 31.9 Å². The molecule has 3 heterocycles. The quantitative estimate of drug-likeness (QED) is 0.295. The van der Waals surface area contributed by atoms with Crippen molar-refractivity contribution in [2.24, 2.45) is 0 Å². The fraction of sp³-hybridized carbons (Fsp3) is 0.286. The van der Waals surface area contributed by atoms with Gasteiger partial charge in [-0.25, -0.2) is 4.98 Å². The smallest absolute Gasteiger partial charge is 0.312 e. The highest BCUT2D eigenvalue weighted by Gasteiger charge is 2.23. The van der Waals surface area contributed by atoms with E-state index in [4.69, 9.17) is 4.74 Å². The molecule has 3 aromatic rings. The summed E-state index contributed by atoms with van der Waals surface area (Å²) in [6.07, 6.45) is 0.0308. The summed E-state index contributed by atoms with van der Waals surface area (Å²) in [6.45, 7) is 1.88. The molecular formula is C21H20N4O5S2. The van der Waals surface area contributed by atoms with Gasteiger partial charge in [0.1, 0.15) is 5.01 Å². The fourth-order valence-corrected chi connectivity index (χ4v) is 4.97. The summed E-state index contributed by atoms with van der Waals surface area (Å²) in [5.41, 5.74) is 1.55. The van der Waals surface area contributed by atoms with Crippen LogP contribution in [0.3, 0.4) is 0 Å². The largest absolute Gasteiger partial charge is 0.455 e. The maximum Gasteiger partial charge on any atom is 0.312 e. The van der Waals surface area contributed by atoms with Crippen LogP contribution in [-0.2, 0) is 20.7 Å². The van der Waals surface area contributed by atoms with Gasteiger partial charge in [-0.3, -0.25) is 19.7 Å². The summed E-state index contributed by atoms with van der Waals surface area (Å²) in [5, 5.41) is 15.4. The van der Waals surface area contributed by atoms with Crippen molar-refractivity contribution in [2.75, 3.05) is 37.7 Å². The summed E-state index contributed by atoms with van der Waals surface area (Å²) < 4.78 is 5.17. The highest BCUT2D eigenvalue weighted by molar-refractivity contribution is 7.20. The SMILES string of the molecule is O=C(Cc1csc(-c2cccs2)n1)OCC(=O)N1CCN(c2ccc([N+](=O)[O-])cc2)CC1. The zero-order valence-electron chi connectivity index (χ0n) is 17.0. The van der Waals surface area contributed by atoms with Crippen molar-refractivity contribution in [1.29, 1.82) is 0 Å². The van der Waals surface area contributed by atoms with Crippen LogP contribution in [0.5, 0.6) is 0 Å². The van der Waals surface area contributed by atoms with Gasteiger partial charge in [0.15, 0.2) is 6.61 Å². The van der Waals surface area contributed by atoms with Crippen molar-refractivity contribution < 1.29 is 19.2 Å². The Hall–Kier alpha value is -3.31. The number of non-ortho nitro benzene ring substituents is 1. The zero-order valence-corrected chi connectivity index (χ0v) is 18.6. The number of nitrogens with zero attached hydrogens (tertiary/aromatic N) is 4. The van der Waals surface area contributed by atoms with E-state index in [2.05, 4.69) is 9.88 Å². The van der Waals surface area contributed by atoms with Crippen molar-refractivity contribution in [2.45, 2.75) is 6.42 Å². The van der Waals surface area contributed by atoms with E-state index in [1.807, 2.05) is 22.9 Å². The zero-order chi connectivity index (χ0) is 22.5. The van der Waals surface area contributed by atoms with Crippen LogP contribution in [0.4, 0.5) is 11.4 Å². The van der Waals surface area contributed by atoms with Crippen LogP contribution in [0.25, 0.3) is 9.88 Å². The minimum absolute atomic E-state index is 0.0308. The Bertz CT molecular complexity index is 1090. The first-order valence-electron chi connectivity index (χ1n) is 9.90. The second kappa shape index (κ2) is 9.88. The summed E-state index contributed by atoms with van der Waals surface area (Å²) in [4.78, 5) is 44.1. The molecule has 1 aliphatic heterocycles. The minimum atomic E-state index is -0.481. The van der Waals surface area contributed by atoms with Crippen molar-refractivity contribution in [1.82, 2.24) is 9.88 Å². The van der Waals surface area contributed by atoms with Crippen molar-refractivity contribution in [3.63, 3.8) is 0 Å². The van der Waals surface area contributed by atoms with Crippen LogP contribution in [0.2, 0.25) is 0 Å². The summed E-state index contributed by atoms with van der Waals surface area (Å²) in [7, 11) is 0. The standard InChI is InChI=1S/C21H20N4O5S2/c26-19(13-30-20(27)12-15-14-32-21(22-15)18-2-1-11-31-18)24-9-7-23(8-10-24)16-3-5-17(6-4-16)25(28)29/h1-6,11,14H,7-10,12-13H2. The van der Waals surface area contributed by atoms with E-state index < -0.39 is 10.9 Å². The third-order valence-corrected chi connectivity index (χ3v) is 6.95. The van der Waals surface area contributed by atoms with Crippen LogP contribution in [0, 0.1) is 10.1 Å². The molecule has 0 aliphatic carbocycles. The number of carbonyl (C=O) groups excluding carboxylic acids is 2. The lowest BCUT2D eigenvalue weighted by Gasteiger charge is -2.36. The molecule has 0 spiro atoms. The summed E-state index contributed by atoms with van der Waals surface area (Å²) >= 11 is 3.06. The first kappa shape index (κ1) is 21.9. The average Bonchev–Trinajstić information content (AvgIpc) is 3.50. The van der Waals surface area contributed by atoms with Gasteiger partial charge in [0.2, 0.25) is 0 Å². The monoisotopic (exact) mass is 472 g/mol. The number of piperazine rings is 1. The number of hydrogen-bond donors (Lipinski definition) is 0. The van der Waals surface area contributed by atoms with Gasteiger partial charge in [-0.15, -0.1) is 22.7 Å². The highest BCUT2D eigenvalue weighted by atomic mass is 32.1. The molecule has 0 N–H and O–H groups in total. The highest BCUT2D eigenvalue weighted by Crippen LogP contribution is 2.28. The lowest BCUT2D eigenvalue weighted by Crippen LogP contribution is -2.49. The van der Waals surface area contributed by atoms with E-state index in [0.717, 1.165) is 15.6 Å².